The number of ether oxygens (including phenoxy) is 2. The molecule has 0 radical (unpaired) electrons. The van der Waals surface area contributed by atoms with E-state index in [1.54, 1.807) is 0 Å². The van der Waals surface area contributed by atoms with Crippen molar-refractivity contribution >= 4 is 56.2 Å². The fourth-order valence-corrected chi connectivity index (χ4v) is 3.59. The number of amides is 2. The standard InChI is InChI=1S/C13H15N5O10S2.Na/c1-26-6(19)3-28-17-7(5-4-29-13(14)15-5)10(20)16-8-9(12(22)27-2)18(11(8)21)30(23,24)25;/h4,8-9H,3H2,1-2H3,(H2,14,15)(H,16,20)(H,23,24,25);/q;+1/p-1/t8-,9-;/m0./s1. The first-order chi connectivity index (χ1) is 14.0. The van der Waals surface area contributed by atoms with Crippen molar-refractivity contribution in [1.82, 2.24) is 14.6 Å². The molecule has 2 amide bonds. The number of nitrogens with zero attached hydrogens (tertiary/aromatic N) is 3. The van der Waals surface area contributed by atoms with Crippen LogP contribution >= 0.6 is 11.3 Å². The molecule has 1 saturated heterocycles. The second kappa shape index (κ2) is 10.8. The van der Waals surface area contributed by atoms with Gasteiger partial charge in [0.2, 0.25) is 6.61 Å². The molecule has 0 aromatic carbocycles. The summed E-state index contributed by atoms with van der Waals surface area (Å²) in [5.74, 6) is -4.56. The van der Waals surface area contributed by atoms with Crippen LogP contribution in [0.4, 0.5) is 5.13 Å². The van der Waals surface area contributed by atoms with E-state index in [2.05, 4.69) is 24.9 Å². The summed E-state index contributed by atoms with van der Waals surface area (Å²) in [4.78, 5) is 56.1. The molecule has 2 heterocycles. The number of thiazole rings is 1. The number of nitrogen functional groups attached to an aromatic ring is 1. The number of β-lactam (4-membered cyclic amide) rings is 1. The molecular weight excluding hydrogens is 473 g/mol. The van der Waals surface area contributed by atoms with Gasteiger partial charge in [-0.15, -0.1) is 11.3 Å². The van der Waals surface area contributed by atoms with Crippen LogP contribution in [0.15, 0.2) is 10.5 Å². The molecule has 0 aliphatic carbocycles. The van der Waals surface area contributed by atoms with E-state index in [9.17, 15) is 32.1 Å². The number of carbonyl (C=O) groups is 4. The Bertz CT molecular complexity index is 1010. The average molecular weight is 487 g/mol. The summed E-state index contributed by atoms with van der Waals surface area (Å²) in [6, 6.07) is -3.65. The van der Waals surface area contributed by atoms with Gasteiger partial charge in [-0.05, 0) is 0 Å². The van der Waals surface area contributed by atoms with E-state index in [0.717, 1.165) is 25.6 Å². The van der Waals surface area contributed by atoms with Gasteiger partial charge in [0, 0.05) is 5.38 Å². The predicted molar refractivity (Wildman–Crippen MR) is 95.3 cm³/mol. The quantitative estimate of drug-likeness (QED) is 0.0874. The third-order valence-electron chi connectivity index (χ3n) is 3.57. The Morgan fingerprint density at radius 2 is 2.00 bits per heavy atom. The molecule has 1 aromatic rings. The van der Waals surface area contributed by atoms with Gasteiger partial charge in [-0.3, -0.25) is 9.59 Å². The van der Waals surface area contributed by atoms with Gasteiger partial charge in [-0.1, -0.05) is 5.16 Å². The summed E-state index contributed by atoms with van der Waals surface area (Å²) in [7, 11) is -3.35. The summed E-state index contributed by atoms with van der Waals surface area (Å²) in [5.41, 5.74) is 4.85. The number of rotatable bonds is 8. The Hall–Kier alpha value is -2.31. The molecular formula is C13H14N5NaO10S2. The number of nitrogens with one attached hydrogen (secondary N) is 1. The Morgan fingerprint density at radius 1 is 1.35 bits per heavy atom. The maximum absolute atomic E-state index is 12.6. The Balaban J connectivity index is 0.00000480. The summed E-state index contributed by atoms with van der Waals surface area (Å²) >= 11 is 0.935. The number of carbonyl (C=O) groups excluding carboxylic acids is 4. The molecule has 1 aliphatic rings. The third-order valence-corrected chi connectivity index (χ3v) is 5.13. The summed E-state index contributed by atoms with van der Waals surface area (Å²) in [6.07, 6.45) is 0. The van der Waals surface area contributed by atoms with Gasteiger partial charge in [0.1, 0.15) is 11.7 Å². The largest absolute Gasteiger partial charge is 1.00 e. The number of nitrogens with two attached hydrogens (primary N) is 1. The third kappa shape index (κ3) is 6.11. The minimum Gasteiger partial charge on any atom is -0.731 e. The number of methoxy groups -OCH3 is 2. The molecule has 31 heavy (non-hydrogen) atoms. The predicted octanol–water partition coefficient (Wildman–Crippen LogP) is -6.05. The molecule has 1 fully saturated rings. The number of hydrogen-bond donors (Lipinski definition) is 2. The van der Waals surface area contributed by atoms with Crippen LogP contribution in [0.1, 0.15) is 5.69 Å². The first-order valence-electron chi connectivity index (χ1n) is 7.67. The zero-order chi connectivity index (χ0) is 22.6. The van der Waals surface area contributed by atoms with Crippen molar-refractivity contribution in [2.45, 2.75) is 12.1 Å². The number of anilines is 1. The van der Waals surface area contributed by atoms with Crippen LogP contribution in [0.3, 0.4) is 0 Å². The molecule has 1 aliphatic heterocycles. The Morgan fingerprint density at radius 3 is 2.48 bits per heavy atom. The van der Waals surface area contributed by atoms with E-state index in [0.29, 0.717) is 0 Å². The number of oxime groups is 1. The van der Waals surface area contributed by atoms with Gasteiger partial charge in [0.25, 0.3) is 11.8 Å². The van der Waals surface area contributed by atoms with Gasteiger partial charge >= 0.3 is 41.5 Å². The zero-order valence-corrected chi connectivity index (χ0v) is 19.9. The average Bonchev–Trinajstić information content (AvgIpc) is 3.10. The summed E-state index contributed by atoms with van der Waals surface area (Å²) in [6.45, 7) is -0.664. The molecule has 15 nitrogen and oxygen atoms in total. The minimum absolute atomic E-state index is 0. The molecule has 2 rings (SSSR count). The van der Waals surface area contributed by atoms with Crippen molar-refractivity contribution in [2.75, 3.05) is 26.6 Å². The summed E-state index contributed by atoms with van der Waals surface area (Å²) < 4.78 is 42.1. The Labute approximate surface area is 201 Å². The van der Waals surface area contributed by atoms with E-state index in [1.165, 1.54) is 5.38 Å². The number of aromatic nitrogens is 1. The van der Waals surface area contributed by atoms with Crippen LogP contribution in [-0.2, 0) is 43.8 Å². The topological polar surface area (TPSA) is 220 Å². The van der Waals surface area contributed by atoms with Crippen molar-refractivity contribution in [3.05, 3.63) is 11.1 Å². The summed E-state index contributed by atoms with van der Waals surface area (Å²) in [5, 5.41) is 6.88. The maximum Gasteiger partial charge on any atom is 1.00 e. The van der Waals surface area contributed by atoms with Gasteiger partial charge in [0.15, 0.2) is 27.2 Å². The molecule has 18 heteroatoms. The smallest absolute Gasteiger partial charge is 0.731 e. The van der Waals surface area contributed by atoms with Gasteiger partial charge < -0.3 is 29.9 Å². The minimum atomic E-state index is -5.34. The molecule has 0 spiro atoms. The second-order valence-corrected chi connectivity index (χ2v) is 7.51. The van der Waals surface area contributed by atoms with Crippen molar-refractivity contribution < 1.29 is 76.0 Å². The van der Waals surface area contributed by atoms with Crippen LogP contribution in [0.2, 0.25) is 0 Å². The molecule has 2 atom stereocenters. The van der Waals surface area contributed by atoms with Crippen LogP contribution in [-0.4, -0.2) is 84.6 Å². The van der Waals surface area contributed by atoms with Crippen molar-refractivity contribution in [3.63, 3.8) is 0 Å². The van der Waals surface area contributed by atoms with E-state index >= 15 is 0 Å². The first kappa shape index (κ1) is 26.7. The fourth-order valence-electron chi connectivity index (χ4n) is 2.22. The van der Waals surface area contributed by atoms with E-state index in [4.69, 9.17) is 10.6 Å². The van der Waals surface area contributed by atoms with Crippen LogP contribution in [0.5, 0.6) is 0 Å². The van der Waals surface area contributed by atoms with E-state index in [-0.39, 0.29) is 44.7 Å². The van der Waals surface area contributed by atoms with E-state index in [1.807, 2.05) is 0 Å². The number of hydrogen-bond acceptors (Lipinski definition) is 14. The molecule has 1 aromatic heterocycles. The molecule has 164 valence electrons. The van der Waals surface area contributed by atoms with Gasteiger partial charge in [0.05, 0.1) is 14.2 Å². The van der Waals surface area contributed by atoms with Crippen LogP contribution < -0.4 is 40.6 Å². The van der Waals surface area contributed by atoms with Crippen molar-refractivity contribution in [2.24, 2.45) is 5.16 Å². The first-order valence-corrected chi connectivity index (χ1v) is 9.91. The second-order valence-electron chi connectivity index (χ2n) is 5.37. The number of esters is 2. The molecule has 0 unspecified atom stereocenters. The SMILES string of the molecule is COC(=O)CON=C(C(=O)N[C@@H]1C(=O)N(S(=O)(=O)[O-])[C@@H]1C(=O)OC)c1csc(N)n1.[Na+]. The normalized spacial score (nSPS) is 18.4. The fraction of sp³-hybridized carbons (Fsp3) is 0.385. The van der Waals surface area contributed by atoms with E-state index < -0.39 is 58.5 Å². The van der Waals surface area contributed by atoms with Gasteiger partial charge in [-0.2, -0.15) is 0 Å². The molecule has 3 N–H and O–H groups in total. The monoisotopic (exact) mass is 487 g/mol. The van der Waals surface area contributed by atoms with Crippen LogP contribution in [0.25, 0.3) is 0 Å². The van der Waals surface area contributed by atoms with Crippen molar-refractivity contribution in [3.8, 4) is 0 Å². The Kier molecular flexibility index (Phi) is 9.33. The van der Waals surface area contributed by atoms with Crippen LogP contribution in [0, 0.1) is 0 Å². The molecule has 0 saturated carbocycles. The van der Waals surface area contributed by atoms with Gasteiger partial charge in [-0.25, -0.2) is 27.3 Å². The van der Waals surface area contributed by atoms with Crippen molar-refractivity contribution in [1.29, 1.82) is 0 Å². The molecule has 0 bridgehead atoms. The zero-order valence-electron chi connectivity index (χ0n) is 16.3. The maximum atomic E-state index is 12.6.